The van der Waals surface area contributed by atoms with E-state index >= 15 is 0 Å². The summed E-state index contributed by atoms with van der Waals surface area (Å²) in [5, 5.41) is 28.6. The van der Waals surface area contributed by atoms with Gasteiger partial charge in [0.05, 0.1) is 12.2 Å². The second kappa shape index (κ2) is 4.93. The molecular formula is C12H16O4. The second-order valence-electron chi connectivity index (χ2n) is 4.12. The van der Waals surface area contributed by atoms with Gasteiger partial charge in [-0.25, -0.2) is 0 Å². The molecule has 4 nitrogen and oxygen atoms in total. The number of hydrogen-bond acceptors (Lipinski definition) is 4. The molecule has 1 aliphatic heterocycles. The number of benzene rings is 1. The van der Waals surface area contributed by atoms with Gasteiger partial charge in [0.1, 0.15) is 6.10 Å². The van der Waals surface area contributed by atoms with Crippen LogP contribution < -0.4 is 0 Å². The van der Waals surface area contributed by atoms with Crippen LogP contribution in [0.5, 0.6) is 0 Å². The highest BCUT2D eigenvalue weighted by Crippen LogP contribution is 2.23. The van der Waals surface area contributed by atoms with Crippen LogP contribution in [0.1, 0.15) is 12.0 Å². The minimum Gasteiger partial charge on any atom is -0.390 e. The molecule has 1 aromatic rings. The monoisotopic (exact) mass is 224 g/mol. The Morgan fingerprint density at radius 2 is 1.94 bits per heavy atom. The van der Waals surface area contributed by atoms with E-state index in [1.807, 2.05) is 30.3 Å². The normalized spacial score (nSPS) is 31.6. The molecule has 0 amide bonds. The largest absolute Gasteiger partial charge is 0.390 e. The standard InChI is InChI=1S/C12H16O4/c13-9(6-8-4-2-1-3-5-8)12-10(14)7-11(15)16-12/h1-5,9-15H,6-7H2/t9?,10-,11-,12+/m0/s1. The maximum Gasteiger partial charge on any atom is 0.157 e. The third-order valence-corrected chi connectivity index (χ3v) is 2.80. The van der Waals surface area contributed by atoms with Crippen molar-refractivity contribution in [3.63, 3.8) is 0 Å². The van der Waals surface area contributed by atoms with Gasteiger partial charge in [0.15, 0.2) is 6.29 Å². The van der Waals surface area contributed by atoms with E-state index in [9.17, 15) is 15.3 Å². The Kier molecular flexibility index (Phi) is 3.56. The Morgan fingerprint density at radius 3 is 2.50 bits per heavy atom. The van der Waals surface area contributed by atoms with Crippen LogP contribution in [0.3, 0.4) is 0 Å². The fraction of sp³-hybridized carbons (Fsp3) is 0.500. The molecule has 4 atom stereocenters. The molecule has 1 fully saturated rings. The summed E-state index contributed by atoms with van der Waals surface area (Å²) in [6, 6.07) is 9.49. The molecule has 0 bridgehead atoms. The number of hydrogen-bond donors (Lipinski definition) is 3. The fourth-order valence-corrected chi connectivity index (χ4v) is 1.99. The Balaban J connectivity index is 1.96. The van der Waals surface area contributed by atoms with Crippen molar-refractivity contribution in [2.45, 2.75) is 37.4 Å². The van der Waals surface area contributed by atoms with Crippen molar-refractivity contribution in [3.8, 4) is 0 Å². The maximum atomic E-state index is 9.89. The summed E-state index contributed by atoms with van der Waals surface area (Å²) in [4.78, 5) is 0. The predicted molar refractivity (Wildman–Crippen MR) is 57.7 cm³/mol. The quantitative estimate of drug-likeness (QED) is 0.679. The molecule has 0 aliphatic carbocycles. The number of ether oxygens (including phenoxy) is 1. The molecule has 4 heteroatoms. The summed E-state index contributed by atoms with van der Waals surface area (Å²) in [6.45, 7) is 0. The van der Waals surface area contributed by atoms with Gasteiger partial charge >= 0.3 is 0 Å². The van der Waals surface area contributed by atoms with Crippen LogP contribution in [0.25, 0.3) is 0 Å². The SMILES string of the molecule is OC(Cc1ccccc1)[C@H]1O[C@H](O)C[C@@H]1O. The lowest BCUT2D eigenvalue weighted by molar-refractivity contribution is -0.129. The van der Waals surface area contributed by atoms with Gasteiger partial charge < -0.3 is 20.1 Å². The smallest absolute Gasteiger partial charge is 0.157 e. The van der Waals surface area contributed by atoms with Crippen molar-refractivity contribution in [1.29, 1.82) is 0 Å². The van der Waals surface area contributed by atoms with Crippen molar-refractivity contribution >= 4 is 0 Å². The summed E-state index contributed by atoms with van der Waals surface area (Å²) in [5.74, 6) is 0. The van der Waals surface area contributed by atoms with Crippen molar-refractivity contribution < 1.29 is 20.1 Å². The van der Waals surface area contributed by atoms with E-state index in [0.717, 1.165) is 5.56 Å². The van der Waals surface area contributed by atoms with Gasteiger partial charge in [-0.2, -0.15) is 0 Å². The van der Waals surface area contributed by atoms with E-state index < -0.39 is 24.6 Å². The molecule has 3 N–H and O–H groups in total. The Hall–Kier alpha value is -0.940. The molecular weight excluding hydrogens is 208 g/mol. The van der Waals surface area contributed by atoms with E-state index in [-0.39, 0.29) is 6.42 Å². The average molecular weight is 224 g/mol. The van der Waals surface area contributed by atoms with Crippen molar-refractivity contribution in [1.82, 2.24) is 0 Å². The third kappa shape index (κ3) is 2.59. The average Bonchev–Trinajstić information content (AvgIpc) is 2.59. The number of aliphatic hydroxyl groups excluding tert-OH is 3. The van der Waals surface area contributed by atoms with Gasteiger partial charge in [0.2, 0.25) is 0 Å². The molecule has 0 radical (unpaired) electrons. The van der Waals surface area contributed by atoms with Gasteiger partial charge in [-0.15, -0.1) is 0 Å². The van der Waals surface area contributed by atoms with E-state index in [1.54, 1.807) is 0 Å². The summed E-state index contributed by atoms with van der Waals surface area (Å²) < 4.78 is 5.06. The van der Waals surface area contributed by atoms with E-state index in [1.165, 1.54) is 0 Å². The summed E-state index contributed by atoms with van der Waals surface area (Å²) in [6.07, 6.45) is -2.69. The second-order valence-corrected chi connectivity index (χ2v) is 4.12. The van der Waals surface area contributed by atoms with Gasteiger partial charge in [-0.1, -0.05) is 30.3 Å². The summed E-state index contributed by atoms with van der Waals surface area (Å²) in [5.41, 5.74) is 0.979. The molecule has 0 spiro atoms. The molecule has 1 unspecified atom stereocenters. The van der Waals surface area contributed by atoms with E-state index in [2.05, 4.69) is 0 Å². The third-order valence-electron chi connectivity index (χ3n) is 2.80. The van der Waals surface area contributed by atoms with Crippen molar-refractivity contribution in [2.75, 3.05) is 0 Å². The maximum absolute atomic E-state index is 9.89. The molecule has 1 aliphatic rings. The zero-order chi connectivity index (χ0) is 11.5. The molecule has 0 aromatic heterocycles. The molecule has 0 saturated carbocycles. The first-order valence-corrected chi connectivity index (χ1v) is 5.40. The van der Waals surface area contributed by atoms with Crippen molar-refractivity contribution in [2.24, 2.45) is 0 Å². The molecule has 16 heavy (non-hydrogen) atoms. The zero-order valence-corrected chi connectivity index (χ0v) is 8.86. The lowest BCUT2D eigenvalue weighted by Gasteiger charge is -2.20. The summed E-state index contributed by atoms with van der Waals surface area (Å²) in [7, 11) is 0. The van der Waals surface area contributed by atoms with E-state index in [4.69, 9.17) is 4.74 Å². The van der Waals surface area contributed by atoms with Crippen LogP contribution in [-0.2, 0) is 11.2 Å². The highest BCUT2D eigenvalue weighted by atomic mass is 16.6. The molecule has 1 heterocycles. The highest BCUT2D eigenvalue weighted by Gasteiger charge is 2.37. The minimum absolute atomic E-state index is 0.163. The fourth-order valence-electron chi connectivity index (χ4n) is 1.99. The predicted octanol–water partition coefficient (Wildman–Crippen LogP) is 0.0582. The number of aliphatic hydroxyl groups is 3. The van der Waals surface area contributed by atoms with Crippen LogP contribution >= 0.6 is 0 Å². The number of rotatable bonds is 3. The lowest BCUT2D eigenvalue weighted by Crippen LogP contribution is -2.36. The van der Waals surface area contributed by atoms with Gasteiger partial charge in [0, 0.05) is 12.8 Å². The Morgan fingerprint density at radius 1 is 1.25 bits per heavy atom. The first-order chi connectivity index (χ1) is 7.66. The van der Waals surface area contributed by atoms with E-state index in [0.29, 0.717) is 6.42 Å². The van der Waals surface area contributed by atoms with Gasteiger partial charge in [-0.05, 0) is 5.56 Å². The van der Waals surface area contributed by atoms with Crippen LogP contribution in [0, 0.1) is 0 Å². The summed E-state index contributed by atoms with van der Waals surface area (Å²) >= 11 is 0. The molecule has 1 aromatic carbocycles. The van der Waals surface area contributed by atoms with Crippen molar-refractivity contribution in [3.05, 3.63) is 35.9 Å². The Labute approximate surface area is 94.1 Å². The topological polar surface area (TPSA) is 69.9 Å². The van der Waals surface area contributed by atoms with Gasteiger partial charge in [0.25, 0.3) is 0 Å². The lowest BCUT2D eigenvalue weighted by atomic mass is 10.0. The van der Waals surface area contributed by atoms with Crippen LogP contribution in [0.15, 0.2) is 30.3 Å². The Bertz CT molecular complexity index is 327. The highest BCUT2D eigenvalue weighted by molar-refractivity contribution is 5.16. The van der Waals surface area contributed by atoms with Gasteiger partial charge in [-0.3, -0.25) is 0 Å². The van der Waals surface area contributed by atoms with Crippen LogP contribution in [-0.4, -0.2) is 39.9 Å². The molecule has 88 valence electrons. The minimum atomic E-state index is -0.967. The van der Waals surface area contributed by atoms with Crippen LogP contribution in [0.2, 0.25) is 0 Å². The molecule has 2 rings (SSSR count). The van der Waals surface area contributed by atoms with Crippen LogP contribution in [0.4, 0.5) is 0 Å². The zero-order valence-electron chi connectivity index (χ0n) is 8.86. The first kappa shape index (κ1) is 11.5. The first-order valence-electron chi connectivity index (χ1n) is 5.40. The molecule has 1 saturated heterocycles.